The van der Waals surface area contributed by atoms with Crippen molar-refractivity contribution in [2.75, 3.05) is 24.4 Å². The van der Waals surface area contributed by atoms with Gasteiger partial charge >= 0.3 is 11.4 Å². The van der Waals surface area contributed by atoms with Gasteiger partial charge in [-0.15, -0.1) is 0 Å². The van der Waals surface area contributed by atoms with E-state index in [-0.39, 0.29) is 11.6 Å². The number of halogens is 2. The first-order chi connectivity index (χ1) is 16.6. The average Bonchev–Trinajstić information content (AvgIpc) is 3.29. The number of hydrogen-bond donors (Lipinski definition) is 7. The lowest BCUT2D eigenvalue weighted by atomic mass is 10.1. The van der Waals surface area contributed by atoms with E-state index in [1.807, 2.05) is 0 Å². The molecule has 0 amide bonds. The van der Waals surface area contributed by atoms with Crippen molar-refractivity contribution in [3.05, 3.63) is 45.5 Å². The van der Waals surface area contributed by atoms with Crippen LogP contribution in [0.4, 0.5) is 20.4 Å². The van der Waals surface area contributed by atoms with Crippen molar-refractivity contribution in [3.63, 3.8) is 0 Å². The molecule has 8 N–H and O–H groups in total. The Kier molecular flexibility index (Phi) is 8.43. The standard InChI is InChI=1S/C9H12FN3O5.C9H12FN3O4/c10-6-7(15)4(3-14)18-8(6)13-2-1-5(12-17)11-9(13)16;10-6-7(15)4(3-14)17-8(6)13-2-1-5(11)12-9(13)16/h1-2,4,6-8,14-15,17H,3H2,(H,11,12,16);1-2,4,6-8,14-15H,3H2,(H2,11,12,16)/t2*4-,6?,7+,8-/m11/s1. The number of nitrogens with zero attached hydrogens (tertiary/aromatic N) is 4. The van der Waals surface area contributed by atoms with Gasteiger partial charge in [0, 0.05) is 12.4 Å². The first-order valence-corrected chi connectivity index (χ1v) is 10.1. The minimum atomic E-state index is -1.85. The maximum absolute atomic E-state index is 13.7. The summed E-state index contributed by atoms with van der Waals surface area (Å²) < 4.78 is 39.2. The molecule has 0 aromatic carbocycles. The van der Waals surface area contributed by atoms with Gasteiger partial charge in [-0.2, -0.15) is 9.97 Å². The summed E-state index contributed by atoms with van der Waals surface area (Å²) in [6.45, 7) is -1.09. The smallest absolute Gasteiger partial charge is 0.351 e. The molecule has 4 rings (SSSR count). The molecule has 8 atom stereocenters. The Bertz CT molecular complexity index is 1120. The Labute approximate surface area is 194 Å². The van der Waals surface area contributed by atoms with E-state index in [1.165, 1.54) is 18.3 Å². The SMILES string of the molecule is Nc1ccn([C@@H]2O[C@H](CO)[C@H](O)C2F)c(=O)n1.O=c1nc(NO)ccn1[C@@H]1O[C@H](CO)[C@H](O)C1F. The lowest BCUT2D eigenvalue weighted by Gasteiger charge is -2.15. The molecule has 2 fully saturated rings. The van der Waals surface area contributed by atoms with E-state index in [0.29, 0.717) is 0 Å². The van der Waals surface area contributed by atoms with Crippen LogP contribution in [-0.2, 0) is 9.47 Å². The Balaban J connectivity index is 0.000000196. The first kappa shape index (κ1) is 26.5. The number of nitrogens with two attached hydrogens (primary N) is 1. The minimum Gasteiger partial charge on any atom is -0.394 e. The number of rotatable bonds is 5. The molecule has 35 heavy (non-hydrogen) atoms. The van der Waals surface area contributed by atoms with Crippen LogP contribution in [0.5, 0.6) is 0 Å². The van der Waals surface area contributed by atoms with Crippen molar-refractivity contribution in [3.8, 4) is 0 Å². The largest absolute Gasteiger partial charge is 0.394 e. The molecule has 0 radical (unpaired) electrons. The molecule has 2 unspecified atom stereocenters. The van der Waals surface area contributed by atoms with E-state index < -0.39 is 73.8 Å². The number of anilines is 2. The van der Waals surface area contributed by atoms with Gasteiger partial charge in [-0.1, -0.05) is 0 Å². The van der Waals surface area contributed by atoms with Crippen molar-refractivity contribution >= 4 is 11.6 Å². The molecule has 17 heteroatoms. The number of ether oxygens (including phenoxy) is 2. The van der Waals surface area contributed by atoms with E-state index in [4.69, 9.17) is 30.6 Å². The second-order valence-electron chi connectivity index (χ2n) is 7.52. The molecule has 4 heterocycles. The van der Waals surface area contributed by atoms with Gasteiger partial charge in [0.1, 0.15) is 30.2 Å². The molecular weight excluding hydrogens is 482 g/mol. The van der Waals surface area contributed by atoms with Crippen molar-refractivity contribution in [1.82, 2.24) is 19.1 Å². The molecule has 0 saturated carbocycles. The molecule has 15 nitrogen and oxygen atoms in total. The van der Waals surface area contributed by atoms with E-state index in [1.54, 1.807) is 5.48 Å². The number of nitrogen functional groups attached to an aromatic ring is 1. The molecule has 2 aliphatic rings. The van der Waals surface area contributed by atoms with Crippen LogP contribution < -0.4 is 22.6 Å². The maximum atomic E-state index is 13.7. The monoisotopic (exact) mass is 506 g/mol. The highest BCUT2D eigenvalue weighted by atomic mass is 19.1. The number of hydrogen-bond acceptors (Lipinski definition) is 13. The molecule has 0 aliphatic carbocycles. The van der Waals surface area contributed by atoms with Crippen molar-refractivity contribution in [2.45, 2.75) is 49.2 Å². The number of aliphatic hydroxyl groups is 4. The van der Waals surface area contributed by atoms with Crippen molar-refractivity contribution in [1.29, 1.82) is 0 Å². The minimum absolute atomic E-state index is 0.0129. The topological polar surface area (TPSA) is 227 Å². The van der Waals surface area contributed by atoms with Gasteiger partial charge in [-0.3, -0.25) is 19.8 Å². The third-order valence-corrected chi connectivity index (χ3v) is 5.29. The predicted molar refractivity (Wildman–Crippen MR) is 111 cm³/mol. The summed E-state index contributed by atoms with van der Waals surface area (Å²) in [6, 6.07) is 2.55. The van der Waals surface area contributed by atoms with E-state index in [2.05, 4.69) is 9.97 Å². The van der Waals surface area contributed by atoms with Gasteiger partial charge in [0.25, 0.3) is 0 Å². The summed E-state index contributed by atoms with van der Waals surface area (Å²) in [5.74, 6) is -0.0807. The van der Waals surface area contributed by atoms with Gasteiger partial charge in [0.05, 0.1) is 13.2 Å². The summed E-state index contributed by atoms with van der Waals surface area (Å²) in [7, 11) is 0. The van der Waals surface area contributed by atoms with Crippen LogP contribution in [0.15, 0.2) is 34.1 Å². The van der Waals surface area contributed by atoms with Crippen molar-refractivity contribution in [2.24, 2.45) is 0 Å². The Morgan fingerprint density at radius 1 is 0.914 bits per heavy atom. The second kappa shape index (κ2) is 11.1. The number of nitrogens with one attached hydrogen (secondary N) is 1. The molecule has 2 aromatic heterocycles. The highest BCUT2D eigenvalue weighted by Gasteiger charge is 2.46. The molecule has 2 saturated heterocycles. The predicted octanol–water partition coefficient (Wildman–Crippen LogP) is -2.95. The Morgan fingerprint density at radius 3 is 1.74 bits per heavy atom. The van der Waals surface area contributed by atoms with Crippen LogP contribution >= 0.6 is 0 Å². The first-order valence-electron chi connectivity index (χ1n) is 10.1. The number of alkyl halides is 2. The molecule has 0 spiro atoms. The normalized spacial score (nSPS) is 32.2. The zero-order chi connectivity index (χ0) is 25.9. The highest BCUT2D eigenvalue weighted by Crippen LogP contribution is 2.31. The number of aromatic nitrogens is 4. The Hall–Kier alpha value is -3.06. The van der Waals surface area contributed by atoms with E-state index >= 15 is 0 Å². The van der Waals surface area contributed by atoms with Gasteiger partial charge < -0.3 is 35.6 Å². The summed E-state index contributed by atoms with van der Waals surface area (Å²) >= 11 is 0. The van der Waals surface area contributed by atoms with Crippen molar-refractivity contribution < 1.29 is 43.9 Å². The Morgan fingerprint density at radius 2 is 1.37 bits per heavy atom. The fourth-order valence-corrected chi connectivity index (χ4v) is 3.44. The maximum Gasteiger partial charge on any atom is 0.351 e. The second-order valence-corrected chi connectivity index (χ2v) is 7.52. The fraction of sp³-hybridized carbons (Fsp3) is 0.556. The third-order valence-electron chi connectivity index (χ3n) is 5.29. The molecule has 194 valence electrons. The van der Waals surface area contributed by atoms with Gasteiger partial charge in [-0.05, 0) is 12.1 Å². The zero-order valence-corrected chi connectivity index (χ0v) is 17.8. The van der Waals surface area contributed by atoms with E-state index in [0.717, 1.165) is 15.3 Å². The van der Waals surface area contributed by atoms with Gasteiger partial charge in [0.15, 0.2) is 30.6 Å². The lowest BCUT2D eigenvalue weighted by molar-refractivity contribution is -0.0491. The zero-order valence-electron chi connectivity index (χ0n) is 17.8. The van der Waals surface area contributed by atoms with Crippen LogP contribution in [0.1, 0.15) is 12.5 Å². The summed E-state index contributed by atoms with van der Waals surface area (Å²) in [6.07, 6.45) is -9.06. The van der Waals surface area contributed by atoms with Crippen LogP contribution in [0.25, 0.3) is 0 Å². The van der Waals surface area contributed by atoms with Crippen LogP contribution in [-0.4, -0.2) is 94.7 Å². The quantitative estimate of drug-likeness (QED) is 0.201. The van der Waals surface area contributed by atoms with Crippen LogP contribution in [0.2, 0.25) is 0 Å². The van der Waals surface area contributed by atoms with Crippen LogP contribution in [0.3, 0.4) is 0 Å². The van der Waals surface area contributed by atoms with Gasteiger partial charge in [-0.25, -0.2) is 18.4 Å². The third kappa shape index (κ3) is 5.45. The van der Waals surface area contributed by atoms with Gasteiger partial charge in [0.2, 0.25) is 0 Å². The number of aliphatic hydroxyl groups excluding tert-OH is 4. The molecule has 0 bridgehead atoms. The van der Waals surface area contributed by atoms with Crippen LogP contribution in [0, 0.1) is 0 Å². The van der Waals surface area contributed by atoms with E-state index in [9.17, 15) is 28.6 Å². The highest BCUT2D eigenvalue weighted by molar-refractivity contribution is 5.28. The molecule has 2 aromatic rings. The molecule has 2 aliphatic heterocycles. The average molecular weight is 506 g/mol. The summed E-state index contributed by atoms with van der Waals surface area (Å²) in [5.41, 5.74) is 5.34. The molecular formula is C18H24F2N6O9. The lowest BCUT2D eigenvalue weighted by Crippen LogP contribution is -2.33. The summed E-state index contributed by atoms with van der Waals surface area (Å²) in [4.78, 5) is 29.8. The fourth-order valence-electron chi connectivity index (χ4n) is 3.44. The summed E-state index contributed by atoms with van der Waals surface area (Å²) in [5, 5.41) is 45.1.